The molecule has 0 aliphatic heterocycles. The number of para-hydroxylation sites is 1. The van der Waals surface area contributed by atoms with E-state index in [-0.39, 0.29) is 12.2 Å². The molecule has 2 heterocycles. The largest absolute Gasteiger partial charge is 0.457 e. The second-order valence-corrected chi connectivity index (χ2v) is 8.88. The van der Waals surface area contributed by atoms with Crippen LogP contribution < -0.4 is 10.3 Å². The molecule has 0 aliphatic carbocycles. The third-order valence-electron chi connectivity index (χ3n) is 5.13. The zero-order valence-electron chi connectivity index (χ0n) is 18.2. The van der Waals surface area contributed by atoms with Crippen LogP contribution in [0.25, 0.3) is 16.1 Å². The maximum Gasteiger partial charge on any atom is 0.407 e. The number of aromatic nitrogens is 2. The Bertz CT molecular complexity index is 1430. The number of benzene rings is 2. The highest BCUT2D eigenvalue weighted by atomic mass is 32.1. The van der Waals surface area contributed by atoms with Gasteiger partial charge in [0.2, 0.25) is 0 Å². The molecule has 0 atom stereocenters. The van der Waals surface area contributed by atoms with E-state index in [4.69, 9.17) is 11.3 Å². The number of aryl methyl sites for hydroxylation is 2. The lowest BCUT2D eigenvalue weighted by Gasteiger charge is -2.18. The van der Waals surface area contributed by atoms with Crippen LogP contribution >= 0.6 is 11.3 Å². The van der Waals surface area contributed by atoms with Crippen LogP contribution in [0.4, 0.5) is 18.9 Å². The Kier molecular flexibility index (Phi) is 6.26. The van der Waals surface area contributed by atoms with E-state index in [2.05, 4.69) is 9.83 Å². The molecule has 0 fully saturated rings. The normalized spacial score (nSPS) is 11.3. The number of rotatable bonds is 5. The quantitative estimate of drug-likeness (QED) is 0.289. The molecule has 0 saturated heterocycles. The van der Waals surface area contributed by atoms with Gasteiger partial charge in [0.15, 0.2) is 0 Å². The topological polar surface area (TPSA) is 48.5 Å². The fourth-order valence-corrected chi connectivity index (χ4v) is 4.37. The molecule has 5 nitrogen and oxygen atoms in total. The summed E-state index contributed by atoms with van der Waals surface area (Å²) in [7, 11) is 0. The zero-order valence-corrected chi connectivity index (χ0v) is 19.0. The molecule has 0 aliphatic rings. The molecule has 34 heavy (non-hydrogen) atoms. The Balaban J connectivity index is 1.84. The monoisotopic (exact) mass is 481 g/mol. The van der Waals surface area contributed by atoms with Gasteiger partial charge in [-0.1, -0.05) is 18.2 Å². The summed E-state index contributed by atoms with van der Waals surface area (Å²) in [6.45, 7) is 10.8. The molecular weight excluding hydrogens is 463 g/mol. The van der Waals surface area contributed by atoms with Gasteiger partial charge >= 0.3 is 6.18 Å². The first-order valence-corrected chi connectivity index (χ1v) is 11.0. The molecule has 0 spiro atoms. The number of hydrogen-bond acceptors (Lipinski definition) is 4. The van der Waals surface area contributed by atoms with E-state index in [0.717, 1.165) is 16.0 Å². The van der Waals surface area contributed by atoms with Crippen LogP contribution in [0.2, 0.25) is 0 Å². The smallest absolute Gasteiger partial charge is 0.407 e. The molecule has 2 aromatic heterocycles. The maximum absolute atomic E-state index is 13.7. The van der Waals surface area contributed by atoms with Crippen LogP contribution in [-0.2, 0) is 12.7 Å². The molecule has 0 unspecified atom stereocenters. The third-order valence-corrected chi connectivity index (χ3v) is 6.06. The van der Waals surface area contributed by atoms with E-state index >= 15 is 0 Å². The van der Waals surface area contributed by atoms with Crippen molar-refractivity contribution in [3.8, 4) is 22.8 Å². The minimum absolute atomic E-state index is 0.0426. The Hall–Kier alpha value is -3.90. The summed E-state index contributed by atoms with van der Waals surface area (Å²) in [5.41, 5.74) is -2.22. The van der Waals surface area contributed by atoms with Crippen LogP contribution in [0.15, 0.2) is 65.5 Å². The highest BCUT2D eigenvalue weighted by Gasteiger charge is 2.36. The number of halogens is 3. The van der Waals surface area contributed by atoms with Gasteiger partial charge in [0.1, 0.15) is 11.5 Å². The van der Waals surface area contributed by atoms with E-state index in [1.807, 2.05) is 32.0 Å². The van der Waals surface area contributed by atoms with Gasteiger partial charge in [0.05, 0.1) is 29.4 Å². The first-order valence-electron chi connectivity index (χ1n) is 10.2. The lowest BCUT2D eigenvalue weighted by atomic mass is 10.1. The lowest BCUT2D eigenvalue weighted by molar-refractivity contribution is -0.136. The fourth-order valence-electron chi connectivity index (χ4n) is 3.54. The molecule has 0 bridgehead atoms. The van der Waals surface area contributed by atoms with Crippen molar-refractivity contribution in [2.24, 2.45) is 0 Å². The third kappa shape index (κ3) is 4.72. The molecule has 2 aromatic carbocycles. The van der Waals surface area contributed by atoms with Gasteiger partial charge in [0.25, 0.3) is 11.2 Å². The van der Waals surface area contributed by atoms with E-state index < -0.39 is 23.0 Å². The fraction of sp³-hybridized carbons (Fsp3) is 0.160. The molecule has 4 aromatic rings. The molecule has 9 heteroatoms. The molecular formula is C25H18F3N3O2S. The standard InChI is InChI=1S/C25H18F3N3O2S/c1-15-21(30-16(2)34-15)14-31-22(13-20(25(26,27)28)23(29-3)24(31)32)17-9-11-19(12-10-17)33-18-7-5-4-6-8-18/h4-13H,14H2,1-2H3. The zero-order chi connectivity index (χ0) is 24.5. The van der Waals surface area contributed by atoms with Gasteiger partial charge in [-0.25, -0.2) is 9.83 Å². The minimum Gasteiger partial charge on any atom is -0.457 e. The summed E-state index contributed by atoms with van der Waals surface area (Å²) in [4.78, 5) is 21.3. The van der Waals surface area contributed by atoms with Crippen LogP contribution in [0.3, 0.4) is 0 Å². The first-order chi connectivity index (χ1) is 16.2. The Morgan fingerprint density at radius 2 is 1.71 bits per heavy atom. The molecule has 0 amide bonds. The van der Waals surface area contributed by atoms with Gasteiger partial charge in [-0.05, 0) is 61.9 Å². The summed E-state index contributed by atoms with van der Waals surface area (Å²) in [5.74, 6) is 1.10. The van der Waals surface area contributed by atoms with Crippen molar-refractivity contribution in [1.29, 1.82) is 0 Å². The second-order valence-electron chi connectivity index (χ2n) is 7.47. The van der Waals surface area contributed by atoms with E-state index in [0.29, 0.717) is 22.8 Å². The van der Waals surface area contributed by atoms with E-state index in [1.54, 1.807) is 36.4 Å². The predicted molar refractivity (Wildman–Crippen MR) is 125 cm³/mol. The van der Waals surface area contributed by atoms with E-state index in [9.17, 15) is 18.0 Å². The maximum atomic E-state index is 13.7. The van der Waals surface area contributed by atoms with Gasteiger partial charge in [-0.2, -0.15) is 13.2 Å². The molecule has 0 saturated carbocycles. The van der Waals surface area contributed by atoms with Crippen molar-refractivity contribution in [1.82, 2.24) is 9.55 Å². The molecule has 0 radical (unpaired) electrons. The van der Waals surface area contributed by atoms with Crippen molar-refractivity contribution in [2.75, 3.05) is 0 Å². The minimum atomic E-state index is -4.85. The number of hydrogen-bond donors (Lipinski definition) is 0. The van der Waals surface area contributed by atoms with Crippen LogP contribution in [-0.4, -0.2) is 9.55 Å². The highest BCUT2D eigenvalue weighted by Crippen LogP contribution is 2.37. The van der Waals surface area contributed by atoms with Crippen molar-refractivity contribution in [3.63, 3.8) is 0 Å². The number of ether oxygens (including phenoxy) is 1. The van der Waals surface area contributed by atoms with Gasteiger partial charge < -0.3 is 9.30 Å². The molecule has 0 N–H and O–H groups in total. The van der Waals surface area contributed by atoms with E-state index in [1.165, 1.54) is 15.9 Å². The SMILES string of the molecule is [C-]#[N+]c1c(C(F)(F)F)cc(-c2ccc(Oc3ccccc3)cc2)n(Cc2nc(C)sc2C)c1=O. The van der Waals surface area contributed by atoms with Crippen molar-refractivity contribution >= 4 is 17.0 Å². The van der Waals surface area contributed by atoms with Crippen LogP contribution in [0, 0.1) is 20.4 Å². The number of nitrogens with zero attached hydrogens (tertiary/aromatic N) is 3. The molecule has 4 rings (SSSR count). The second kappa shape index (κ2) is 9.15. The molecule has 172 valence electrons. The summed E-state index contributed by atoms with van der Waals surface area (Å²) in [6, 6.07) is 16.3. The Labute approximate surface area is 197 Å². The first kappa shape index (κ1) is 23.3. The van der Waals surface area contributed by atoms with Gasteiger partial charge in [-0.15, -0.1) is 11.3 Å². The van der Waals surface area contributed by atoms with Gasteiger partial charge in [-0.3, -0.25) is 4.79 Å². The number of thiazole rings is 1. The highest BCUT2D eigenvalue weighted by molar-refractivity contribution is 7.11. The summed E-state index contributed by atoms with van der Waals surface area (Å²) in [5, 5.41) is 0.779. The predicted octanol–water partition coefficient (Wildman–Crippen LogP) is 7.00. The Morgan fingerprint density at radius 3 is 2.26 bits per heavy atom. The van der Waals surface area contributed by atoms with Gasteiger partial charge in [0, 0.05) is 10.6 Å². The Morgan fingerprint density at radius 1 is 1.06 bits per heavy atom. The average molecular weight is 481 g/mol. The summed E-state index contributed by atoms with van der Waals surface area (Å²) < 4.78 is 48.1. The van der Waals surface area contributed by atoms with Crippen LogP contribution in [0.5, 0.6) is 11.5 Å². The average Bonchev–Trinajstić information content (AvgIpc) is 3.12. The summed E-state index contributed by atoms with van der Waals surface area (Å²) >= 11 is 1.43. The lowest BCUT2D eigenvalue weighted by Crippen LogP contribution is -2.25. The summed E-state index contributed by atoms with van der Waals surface area (Å²) in [6.07, 6.45) is -4.85. The van der Waals surface area contributed by atoms with Crippen molar-refractivity contribution < 1.29 is 17.9 Å². The van der Waals surface area contributed by atoms with Crippen molar-refractivity contribution in [3.05, 3.63) is 104 Å². The number of pyridine rings is 1. The van der Waals surface area contributed by atoms with Crippen LogP contribution in [0.1, 0.15) is 21.1 Å². The van der Waals surface area contributed by atoms with Crippen molar-refractivity contribution in [2.45, 2.75) is 26.6 Å². The number of alkyl halides is 3.